The molecule has 0 bridgehead atoms. The van der Waals surface area contributed by atoms with Crippen LogP contribution in [0.2, 0.25) is 0 Å². The number of Topliss-reactive ketones (excluding diaryl/α,β-unsaturated/α-hetero) is 1. The zero-order chi connectivity index (χ0) is 20.3. The highest BCUT2D eigenvalue weighted by molar-refractivity contribution is 6.02. The molecule has 2 nitrogen and oxygen atoms in total. The lowest BCUT2D eigenvalue weighted by Crippen LogP contribution is -2.33. The highest BCUT2D eigenvalue weighted by Crippen LogP contribution is 2.52. The molecule has 0 amide bonds. The van der Waals surface area contributed by atoms with Gasteiger partial charge in [-0.15, -0.1) is 0 Å². The van der Waals surface area contributed by atoms with Crippen molar-refractivity contribution in [3.05, 3.63) is 88.2 Å². The number of carbonyl (C=O) groups excluding carboxylic acids is 1. The molecule has 1 aliphatic carbocycles. The van der Waals surface area contributed by atoms with Crippen LogP contribution in [0.25, 0.3) is 10.8 Å². The fourth-order valence-corrected chi connectivity index (χ4v) is 4.91. The molecule has 3 aromatic carbocycles. The molecule has 146 valence electrons. The Hall–Kier alpha value is -2.87. The summed E-state index contributed by atoms with van der Waals surface area (Å²) >= 11 is 0. The van der Waals surface area contributed by atoms with Crippen LogP contribution in [0.5, 0.6) is 5.75 Å². The zero-order valence-electron chi connectivity index (χ0n) is 17.5. The SMILES string of the molecule is Cc1ccc(C2C3=C(CC(C)(C)CC3=O)Oc3ccc4ccccc4c32)cc1C. The zero-order valence-corrected chi connectivity index (χ0v) is 17.5. The van der Waals surface area contributed by atoms with E-state index in [0.717, 1.165) is 34.5 Å². The van der Waals surface area contributed by atoms with Crippen molar-refractivity contribution in [2.75, 3.05) is 0 Å². The maximum atomic E-state index is 13.4. The van der Waals surface area contributed by atoms with Crippen LogP contribution < -0.4 is 4.74 Å². The second-order valence-electron chi connectivity index (χ2n) is 9.36. The lowest BCUT2D eigenvalue weighted by atomic mass is 9.69. The van der Waals surface area contributed by atoms with E-state index in [1.165, 1.54) is 22.1 Å². The molecule has 1 aliphatic heterocycles. The Morgan fingerprint density at radius 3 is 2.52 bits per heavy atom. The molecule has 1 unspecified atom stereocenters. The van der Waals surface area contributed by atoms with Crippen LogP contribution in [0.3, 0.4) is 0 Å². The van der Waals surface area contributed by atoms with Crippen LogP contribution in [-0.4, -0.2) is 5.78 Å². The predicted molar refractivity (Wildman–Crippen MR) is 117 cm³/mol. The fraction of sp³-hybridized carbons (Fsp3) is 0.296. The number of carbonyl (C=O) groups is 1. The van der Waals surface area contributed by atoms with Crippen molar-refractivity contribution in [3.63, 3.8) is 0 Å². The monoisotopic (exact) mass is 382 g/mol. The number of ketones is 1. The van der Waals surface area contributed by atoms with E-state index >= 15 is 0 Å². The Bertz CT molecular complexity index is 1200. The molecule has 2 aliphatic rings. The van der Waals surface area contributed by atoms with Crippen LogP contribution in [0, 0.1) is 19.3 Å². The van der Waals surface area contributed by atoms with Gasteiger partial charge in [0.15, 0.2) is 5.78 Å². The van der Waals surface area contributed by atoms with Crippen LogP contribution in [0.1, 0.15) is 54.9 Å². The standard InChI is InChI=1S/C27H26O2/c1-16-9-10-19(13-17(16)2)24-25-20-8-6-5-7-18(20)11-12-22(25)29-23-15-27(3,4)14-21(28)26(23)24/h5-13,24H,14-15H2,1-4H3. The number of fused-ring (bicyclic) bond motifs is 3. The molecule has 2 heteroatoms. The van der Waals surface area contributed by atoms with E-state index < -0.39 is 0 Å². The summed E-state index contributed by atoms with van der Waals surface area (Å²) in [5.74, 6) is 1.88. The van der Waals surface area contributed by atoms with Crippen LogP contribution in [-0.2, 0) is 4.79 Å². The maximum absolute atomic E-state index is 13.4. The molecule has 0 N–H and O–H groups in total. The van der Waals surface area contributed by atoms with Gasteiger partial charge in [-0.3, -0.25) is 4.79 Å². The first kappa shape index (κ1) is 18.2. The van der Waals surface area contributed by atoms with Crippen molar-refractivity contribution < 1.29 is 9.53 Å². The first-order valence-electron chi connectivity index (χ1n) is 10.4. The summed E-state index contributed by atoms with van der Waals surface area (Å²) in [5.41, 5.74) is 5.60. The van der Waals surface area contributed by atoms with E-state index in [1.807, 2.05) is 0 Å². The van der Waals surface area contributed by atoms with Crippen molar-refractivity contribution in [1.82, 2.24) is 0 Å². The lowest BCUT2D eigenvalue weighted by Gasteiger charge is -2.39. The normalized spacial score (nSPS) is 20.3. The number of hydrogen-bond donors (Lipinski definition) is 0. The second kappa shape index (κ2) is 6.32. The molecular formula is C27H26O2. The Kier molecular flexibility index (Phi) is 3.96. The van der Waals surface area contributed by atoms with Crippen LogP contribution in [0.15, 0.2) is 65.9 Å². The Morgan fingerprint density at radius 1 is 0.931 bits per heavy atom. The Labute approximate surface area is 172 Å². The van der Waals surface area contributed by atoms with E-state index in [-0.39, 0.29) is 17.1 Å². The van der Waals surface area contributed by atoms with E-state index in [0.29, 0.717) is 6.42 Å². The minimum absolute atomic E-state index is 0.0714. The van der Waals surface area contributed by atoms with Gasteiger partial charge < -0.3 is 4.74 Å². The molecule has 0 spiro atoms. The van der Waals surface area contributed by atoms with Crippen molar-refractivity contribution in [1.29, 1.82) is 0 Å². The summed E-state index contributed by atoms with van der Waals surface area (Å²) in [5, 5.41) is 2.34. The smallest absolute Gasteiger partial charge is 0.163 e. The number of ether oxygens (including phenoxy) is 1. The lowest BCUT2D eigenvalue weighted by molar-refractivity contribution is -0.118. The minimum atomic E-state index is -0.0808. The molecule has 0 aromatic heterocycles. The fourth-order valence-electron chi connectivity index (χ4n) is 4.91. The summed E-state index contributed by atoms with van der Waals surface area (Å²) in [6, 6.07) is 19.2. The van der Waals surface area contributed by atoms with Gasteiger partial charge in [0.05, 0.1) is 0 Å². The largest absolute Gasteiger partial charge is 0.461 e. The highest BCUT2D eigenvalue weighted by atomic mass is 16.5. The minimum Gasteiger partial charge on any atom is -0.461 e. The maximum Gasteiger partial charge on any atom is 0.163 e. The van der Waals surface area contributed by atoms with Gasteiger partial charge >= 0.3 is 0 Å². The summed E-state index contributed by atoms with van der Waals surface area (Å²) in [6.07, 6.45) is 1.36. The van der Waals surface area contributed by atoms with Gasteiger partial charge in [0.1, 0.15) is 11.5 Å². The summed E-state index contributed by atoms with van der Waals surface area (Å²) < 4.78 is 6.41. The van der Waals surface area contributed by atoms with Gasteiger partial charge in [-0.1, -0.05) is 62.4 Å². The van der Waals surface area contributed by atoms with Crippen molar-refractivity contribution in [2.45, 2.75) is 46.5 Å². The van der Waals surface area contributed by atoms with Gasteiger partial charge in [0, 0.05) is 29.9 Å². The number of benzene rings is 3. The predicted octanol–water partition coefficient (Wildman–Crippen LogP) is 6.62. The molecule has 5 rings (SSSR count). The van der Waals surface area contributed by atoms with E-state index in [1.54, 1.807) is 0 Å². The molecule has 0 saturated heterocycles. The first-order valence-corrected chi connectivity index (χ1v) is 10.4. The third-order valence-corrected chi connectivity index (χ3v) is 6.48. The molecular weight excluding hydrogens is 356 g/mol. The molecule has 1 heterocycles. The molecule has 0 radical (unpaired) electrons. The molecule has 0 saturated carbocycles. The van der Waals surface area contributed by atoms with E-state index in [4.69, 9.17) is 4.74 Å². The van der Waals surface area contributed by atoms with Gasteiger partial charge in [-0.05, 0) is 52.8 Å². The first-order chi connectivity index (χ1) is 13.8. The van der Waals surface area contributed by atoms with E-state index in [9.17, 15) is 4.79 Å². The highest BCUT2D eigenvalue weighted by Gasteiger charge is 2.42. The summed E-state index contributed by atoms with van der Waals surface area (Å²) in [4.78, 5) is 13.4. The third-order valence-electron chi connectivity index (χ3n) is 6.48. The summed E-state index contributed by atoms with van der Waals surface area (Å²) in [7, 11) is 0. The van der Waals surface area contributed by atoms with Crippen molar-refractivity contribution in [3.8, 4) is 5.75 Å². The number of hydrogen-bond acceptors (Lipinski definition) is 2. The van der Waals surface area contributed by atoms with Gasteiger partial charge in [-0.2, -0.15) is 0 Å². The molecule has 29 heavy (non-hydrogen) atoms. The molecule has 1 atom stereocenters. The van der Waals surface area contributed by atoms with E-state index in [2.05, 4.69) is 82.3 Å². The van der Waals surface area contributed by atoms with Gasteiger partial charge in [-0.25, -0.2) is 0 Å². The van der Waals surface area contributed by atoms with Gasteiger partial charge in [0.25, 0.3) is 0 Å². The summed E-state index contributed by atoms with van der Waals surface area (Å²) in [6.45, 7) is 8.58. The number of aryl methyl sites for hydroxylation is 2. The van der Waals surface area contributed by atoms with Crippen LogP contribution in [0.4, 0.5) is 0 Å². The van der Waals surface area contributed by atoms with Gasteiger partial charge in [0.2, 0.25) is 0 Å². The average molecular weight is 383 g/mol. The number of allylic oxidation sites excluding steroid dienone is 2. The third kappa shape index (κ3) is 2.90. The number of rotatable bonds is 1. The Morgan fingerprint density at radius 2 is 1.72 bits per heavy atom. The van der Waals surface area contributed by atoms with Crippen LogP contribution >= 0.6 is 0 Å². The molecule has 0 fully saturated rings. The van der Waals surface area contributed by atoms with Crippen molar-refractivity contribution >= 4 is 16.6 Å². The topological polar surface area (TPSA) is 26.3 Å². The molecule has 3 aromatic rings. The Balaban J connectivity index is 1.82. The average Bonchev–Trinajstić information content (AvgIpc) is 2.67. The second-order valence-corrected chi connectivity index (χ2v) is 9.36. The quantitative estimate of drug-likeness (QED) is 0.472. The van der Waals surface area contributed by atoms with Crippen molar-refractivity contribution in [2.24, 2.45) is 5.41 Å².